The van der Waals surface area contributed by atoms with Gasteiger partial charge in [-0.05, 0) is 60.0 Å². The van der Waals surface area contributed by atoms with Crippen LogP contribution in [0.1, 0.15) is 42.9 Å². The maximum Gasteiger partial charge on any atom is 0.161 e. The predicted molar refractivity (Wildman–Crippen MR) is 162 cm³/mol. The highest BCUT2D eigenvalue weighted by Gasteiger charge is 2.31. The van der Waals surface area contributed by atoms with Crippen LogP contribution in [0.5, 0.6) is 17.2 Å². The average Bonchev–Trinajstić information content (AvgIpc) is 3.87. The van der Waals surface area contributed by atoms with E-state index < -0.39 is 5.41 Å². The molecule has 0 N–H and O–H groups in total. The van der Waals surface area contributed by atoms with Gasteiger partial charge >= 0.3 is 0 Å². The van der Waals surface area contributed by atoms with Crippen LogP contribution in [-0.2, 0) is 33.8 Å². The Hall–Kier alpha value is -3.18. The van der Waals surface area contributed by atoms with Crippen LogP contribution in [0.15, 0.2) is 72.8 Å². The van der Waals surface area contributed by atoms with Crippen LogP contribution >= 0.6 is 0 Å². The van der Waals surface area contributed by atoms with Gasteiger partial charge in [-0.1, -0.05) is 36.4 Å². The maximum atomic E-state index is 6.00. The first kappa shape index (κ1) is 30.8. The first-order valence-corrected chi connectivity index (χ1v) is 15.6. The molecule has 3 aromatic carbocycles. The van der Waals surface area contributed by atoms with E-state index in [9.17, 15) is 0 Å². The van der Waals surface area contributed by atoms with Crippen molar-refractivity contribution in [3.63, 3.8) is 0 Å². The molecule has 0 spiro atoms. The summed E-state index contributed by atoms with van der Waals surface area (Å²) in [7, 11) is 0. The van der Waals surface area contributed by atoms with Crippen LogP contribution in [0, 0.1) is 0 Å². The molecule has 0 aliphatic carbocycles. The molecular weight excluding hydrogens is 564 g/mol. The SMILES string of the molecule is CC(c1ccc(OCCC2OCCO2)cc1)(c1ccc(OCCC2OCCO2)cc1)c1ccc(OCCC2OCCO2)cc1. The Morgan fingerprint density at radius 1 is 0.455 bits per heavy atom. The van der Waals surface area contributed by atoms with E-state index in [0.717, 1.165) is 33.9 Å². The molecule has 9 heteroatoms. The summed E-state index contributed by atoms with van der Waals surface area (Å²) in [5, 5.41) is 0. The zero-order chi connectivity index (χ0) is 30.0. The first-order chi connectivity index (χ1) is 21.7. The molecular formula is C35H42O9. The van der Waals surface area contributed by atoms with E-state index in [4.69, 9.17) is 42.6 Å². The van der Waals surface area contributed by atoms with Crippen LogP contribution in [0.2, 0.25) is 0 Å². The second-order valence-electron chi connectivity index (χ2n) is 11.1. The lowest BCUT2D eigenvalue weighted by atomic mass is 9.71. The largest absolute Gasteiger partial charge is 0.493 e. The normalized spacial score (nSPS) is 18.2. The summed E-state index contributed by atoms with van der Waals surface area (Å²) in [6.07, 6.45) is 1.57. The molecule has 3 aliphatic rings. The Morgan fingerprint density at radius 3 is 0.955 bits per heavy atom. The maximum absolute atomic E-state index is 6.00. The molecule has 6 rings (SSSR count). The fourth-order valence-electron chi connectivity index (χ4n) is 5.69. The van der Waals surface area contributed by atoms with Crippen molar-refractivity contribution in [1.82, 2.24) is 0 Å². The topological polar surface area (TPSA) is 83.1 Å². The van der Waals surface area contributed by atoms with Gasteiger partial charge in [-0.25, -0.2) is 0 Å². The Morgan fingerprint density at radius 2 is 0.705 bits per heavy atom. The Bertz CT molecular complexity index is 1100. The number of rotatable bonds is 15. The number of ether oxygens (including phenoxy) is 9. The monoisotopic (exact) mass is 606 g/mol. The summed E-state index contributed by atoms with van der Waals surface area (Å²) in [6.45, 7) is 7.71. The molecule has 9 nitrogen and oxygen atoms in total. The van der Waals surface area contributed by atoms with Crippen molar-refractivity contribution in [3.05, 3.63) is 89.5 Å². The minimum atomic E-state index is -0.446. The zero-order valence-corrected chi connectivity index (χ0v) is 25.3. The van der Waals surface area contributed by atoms with Gasteiger partial charge in [0.2, 0.25) is 0 Å². The molecule has 3 saturated heterocycles. The third kappa shape index (κ3) is 7.90. The quantitative estimate of drug-likeness (QED) is 0.209. The van der Waals surface area contributed by atoms with Crippen molar-refractivity contribution >= 4 is 0 Å². The van der Waals surface area contributed by atoms with Crippen LogP contribution in [0.25, 0.3) is 0 Å². The Balaban J connectivity index is 1.15. The highest BCUT2D eigenvalue weighted by atomic mass is 16.7. The second-order valence-corrected chi connectivity index (χ2v) is 11.1. The van der Waals surface area contributed by atoms with Crippen LogP contribution in [0.4, 0.5) is 0 Å². The van der Waals surface area contributed by atoms with Gasteiger partial charge in [0.15, 0.2) is 18.9 Å². The number of hydrogen-bond donors (Lipinski definition) is 0. The molecule has 3 fully saturated rings. The molecule has 0 atom stereocenters. The lowest BCUT2D eigenvalue weighted by Gasteiger charge is -2.32. The average molecular weight is 607 g/mol. The molecule has 44 heavy (non-hydrogen) atoms. The van der Waals surface area contributed by atoms with Gasteiger partial charge in [0.1, 0.15) is 17.2 Å². The Labute approximate surface area is 259 Å². The van der Waals surface area contributed by atoms with Crippen LogP contribution < -0.4 is 14.2 Å². The van der Waals surface area contributed by atoms with Gasteiger partial charge in [0.05, 0.1) is 59.5 Å². The first-order valence-electron chi connectivity index (χ1n) is 15.6. The van der Waals surface area contributed by atoms with E-state index in [0.29, 0.717) is 78.7 Å². The lowest BCUT2D eigenvalue weighted by Crippen LogP contribution is -2.25. The van der Waals surface area contributed by atoms with Crippen LogP contribution in [0.3, 0.4) is 0 Å². The summed E-state index contributed by atoms with van der Waals surface area (Å²) < 4.78 is 51.1. The molecule has 3 aliphatic heterocycles. The van der Waals surface area contributed by atoms with Crippen molar-refractivity contribution in [1.29, 1.82) is 0 Å². The van der Waals surface area contributed by atoms with Crippen molar-refractivity contribution in [3.8, 4) is 17.2 Å². The molecule has 3 aromatic rings. The van der Waals surface area contributed by atoms with E-state index in [1.807, 2.05) is 36.4 Å². The van der Waals surface area contributed by atoms with E-state index in [2.05, 4.69) is 43.3 Å². The fourth-order valence-corrected chi connectivity index (χ4v) is 5.69. The molecule has 236 valence electrons. The molecule has 3 heterocycles. The van der Waals surface area contributed by atoms with E-state index in [-0.39, 0.29) is 18.9 Å². The van der Waals surface area contributed by atoms with Crippen molar-refractivity contribution in [2.45, 2.75) is 50.5 Å². The van der Waals surface area contributed by atoms with Gasteiger partial charge in [-0.2, -0.15) is 0 Å². The van der Waals surface area contributed by atoms with E-state index in [1.165, 1.54) is 0 Å². The number of hydrogen-bond acceptors (Lipinski definition) is 9. The van der Waals surface area contributed by atoms with Crippen molar-refractivity contribution in [2.75, 3.05) is 59.5 Å². The second kappa shape index (κ2) is 15.2. The van der Waals surface area contributed by atoms with Crippen molar-refractivity contribution < 1.29 is 42.6 Å². The summed E-state index contributed by atoms with van der Waals surface area (Å²) in [4.78, 5) is 0. The van der Waals surface area contributed by atoms with Gasteiger partial charge in [-0.15, -0.1) is 0 Å². The zero-order valence-electron chi connectivity index (χ0n) is 25.3. The lowest BCUT2D eigenvalue weighted by molar-refractivity contribution is -0.0534. The van der Waals surface area contributed by atoms with Crippen LogP contribution in [-0.4, -0.2) is 78.3 Å². The van der Waals surface area contributed by atoms with Gasteiger partial charge in [0, 0.05) is 24.7 Å². The van der Waals surface area contributed by atoms with Gasteiger partial charge in [0.25, 0.3) is 0 Å². The van der Waals surface area contributed by atoms with Gasteiger partial charge in [-0.3, -0.25) is 0 Å². The molecule has 0 aromatic heterocycles. The fraction of sp³-hybridized carbons (Fsp3) is 0.486. The minimum absolute atomic E-state index is 0.176. The highest BCUT2D eigenvalue weighted by Crippen LogP contribution is 2.40. The van der Waals surface area contributed by atoms with Gasteiger partial charge < -0.3 is 42.6 Å². The van der Waals surface area contributed by atoms with E-state index >= 15 is 0 Å². The summed E-state index contributed by atoms with van der Waals surface area (Å²) in [5.74, 6) is 2.44. The Kier molecular flexibility index (Phi) is 10.7. The van der Waals surface area contributed by atoms with E-state index in [1.54, 1.807) is 0 Å². The third-order valence-electron chi connectivity index (χ3n) is 8.23. The smallest absolute Gasteiger partial charge is 0.161 e. The molecule has 0 unspecified atom stereocenters. The third-order valence-corrected chi connectivity index (χ3v) is 8.23. The standard InChI is InChI=1S/C35H42O9/c1-35(26-2-8-29(9-3-26)36-17-14-32-39-20-21-40-32,27-4-10-30(11-5-27)37-18-15-33-41-22-23-42-33)28-6-12-31(13-7-28)38-19-16-34-43-24-25-44-34/h2-13,32-34H,14-25H2,1H3. The molecule has 0 saturated carbocycles. The minimum Gasteiger partial charge on any atom is -0.493 e. The molecule has 0 radical (unpaired) electrons. The predicted octanol–water partition coefficient (Wildman–Crippen LogP) is 5.47. The highest BCUT2D eigenvalue weighted by molar-refractivity contribution is 5.52. The summed E-state index contributed by atoms with van der Waals surface area (Å²) in [6, 6.07) is 25.0. The van der Waals surface area contributed by atoms with Crippen molar-refractivity contribution in [2.24, 2.45) is 0 Å². The number of benzene rings is 3. The molecule has 0 bridgehead atoms. The summed E-state index contributed by atoms with van der Waals surface area (Å²) in [5.41, 5.74) is 2.97. The molecule has 0 amide bonds. The summed E-state index contributed by atoms with van der Waals surface area (Å²) >= 11 is 0.